The molecule has 0 radical (unpaired) electrons. The maximum atomic E-state index is 16.3. The summed E-state index contributed by atoms with van der Waals surface area (Å²) in [7, 11) is 5.73. The molecular weight excluding hydrogens is 1100 g/mol. The number of ketones is 1. The van der Waals surface area contributed by atoms with E-state index in [1.807, 2.05) is 47.2 Å². The van der Waals surface area contributed by atoms with Gasteiger partial charge in [0.1, 0.15) is 6.23 Å². The topological polar surface area (TPSA) is 239 Å². The van der Waals surface area contributed by atoms with Gasteiger partial charge in [0.15, 0.2) is 11.7 Å². The van der Waals surface area contributed by atoms with Crippen LogP contribution in [0.3, 0.4) is 0 Å². The summed E-state index contributed by atoms with van der Waals surface area (Å²) in [4.78, 5) is 26.1. The van der Waals surface area contributed by atoms with Gasteiger partial charge in [0.25, 0.3) is 0 Å². The molecule has 11 aliphatic carbocycles. The maximum Gasteiger partial charge on any atom is 0.190 e. The van der Waals surface area contributed by atoms with Gasteiger partial charge in [0, 0.05) is 77.0 Å². The first-order valence-corrected chi connectivity index (χ1v) is 36.4. The fraction of sp³-hybridized carbons (Fsp3) is 0.841. The van der Waals surface area contributed by atoms with Crippen molar-refractivity contribution in [2.24, 2.45) is 103 Å². The number of carbonyl (C=O) groups excluding carboxylic acids is 1. The van der Waals surface area contributed by atoms with Crippen molar-refractivity contribution in [1.82, 2.24) is 20.2 Å². The quantitative estimate of drug-likeness (QED) is 0.0327. The highest BCUT2D eigenvalue weighted by molar-refractivity contribution is 8.77. The third kappa shape index (κ3) is 9.36. The molecule has 2 heterocycles. The number of hydrogen-bond acceptors (Lipinski definition) is 13. The van der Waals surface area contributed by atoms with Crippen molar-refractivity contribution in [2.45, 2.75) is 236 Å². The van der Waals surface area contributed by atoms with Crippen molar-refractivity contribution in [3.8, 4) is 0 Å². The molecule has 11 N–H and O–H groups in total. The van der Waals surface area contributed by atoms with Crippen LogP contribution in [0.4, 0.5) is 0 Å². The third-order valence-corrected chi connectivity index (χ3v) is 30.4. The normalized spacial score (nSPS) is 45.9. The zero-order valence-electron chi connectivity index (χ0n) is 52.2. The van der Waals surface area contributed by atoms with Crippen molar-refractivity contribution in [1.29, 1.82) is 0 Å². The zero-order chi connectivity index (χ0) is 59.8. The van der Waals surface area contributed by atoms with Crippen LogP contribution >= 0.6 is 21.6 Å². The molecule has 1 aromatic rings. The Balaban J connectivity index is 1.07. The second-order valence-electron chi connectivity index (χ2n) is 31.7. The molecule has 0 unspecified atom stereocenters. The van der Waals surface area contributed by atoms with Gasteiger partial charge < -0.3 is 56.7 Å². The van der Waals surface area contributed by atoms with E-state index in [2.05, 4.69) is 49.1 Å². The molecule has 12 aliphatic rings. The molecule has 14 nitrogen and oxygen atoms in total. The SMILES string of the molecule is CNC[C@H]1[C@@H](O)[C@@H](O)C[C@]2(CCCC(C)C)[C@@H]3C(=CC(=O)[C@H]12)[C@]1(O)[C@@H]2C[C@H]([C@@H]4C[C@H]5CCCC6=C5[C@H](C(=C5CCCC7(CCCC7)[C@H]65)C(C)(C)C[C@@H](n5ccnc5)CSS[C@@]25CCC[C@]52CC[C@@H](O)C2)[C@H]4O)[C@@]1(CO)C[C@H]3CN=C(N)N[C@@H](C)O. The lowest BCUT2D eigenvalue weighted by atomic mass is 9.39. The van der Waals surface area contributed by atoms with E-state index in [-0.39, 0.29) is 77.3 Å². The molecular formula is C69H106N6O8S2. The summed E-state index contributed by atoms with van der Waals surface area (Å²) in [6, 6.07) is 0.0677. The zero-order valence-corrected chi connectivity index (χ0v) is 53.8. The van der Waals surface area contributed by atoms with E-state index < -0.39 is 81.4 Å². The minimum absolute atomic E-state index is 0.0677. The lowest BCUT2D eigenvalue weighted by molar-refractivity contribution is -0.203. The lowest BCUT2D eigenvalue weighted by Crippen LogP contribution is -2.71. The molecule has 8 saturated carbocycles. The van der Waals surface area contributed by atoms with Crippen molar-refractivity contribution in [3.05, 3.63) is 52.7 Å². The molecule has 0 aromatic carbocycles. The maximum absolute atomic E-state index is 16.3. The molecule has 13 rings (SSSR count). The van der Waals surface area contributed by atoms with Crippen LogP contribution in [0, 0.1) is 92.2 Å². The molecule has 472 valence electrons. The first-order chi connectivity index (χ1) is 40.6. The summed E-state index contributed by atoms with van der Waals surface area (Å²) < 4.78 is 1.72. The van der Waals surface area contributed by atoms with E-state index in [0.29, 0.717) is 56.1 Å². The van der Waals surface area contributed by atoms with E-state index in [0.717, 1.165) is 82.8 Å². The monoisotopic (exact) mass is 1210 g/mol. The number of aromatic nitrogens is 2. The number of carbonyl (C=O) groups is 1. The van der Waals surface area contributed by atoms with Gasteiger partial charge in [-0.2, -0.15) is 0 Å². The van der Waals surface area contributed by atoms with E-state index in [1.54, 1.807) is 23.6 Å². The summed E-state index contributed by atoms with van der Waals surface area (Å²) in [5.74, 6) is -1.78. The van der Waals surface area contributed by atoms with Crippen molar-refractivity contribution in [2.75, 3.05) is 32.5 Å². The van der Waals surface area contributed by atoms with Crippen molar-refractivity contribution in [3.63, 3.8) is 0 Å². The number of aliphatic imine (C=N–C) groups is 1. The standard InChI is InChI=1S/C69H106N6O8S2/c1-39(2)13-10-22-66-33-52(80)60(81)48(35-71-6)58(66)51(79)28-50-56(66)42(34-73-62(70)74-40(3)77)30-67(37-76)49-29-53(69(50,67)83)68(23-12-21-65(68)24-17-44(78)32-65)85-84-36-43(75-26-25-72-38-75)31-63(4,5)59-46-16-11-20-64(18-7-8-19-64)57(46)45-15-9-14-41-27-47(49)61(82)55(59)54(41)45/h25-26,28,38-44,47-49,52-53,55-58,60-61,71,76-78,80-83H,7-24,27,29-37H2,1-6H3,(H3,70,73,74)/t40-,41-,42+,43-,44-,47+,48-,49-,52+,53-,55-,56+,57-,58+,60-,61+,65-,66-,67+,68+,69+/m1/s1. The van der Waals surface area contributed by atoms with Gasteiger partial charge >= 0.3 is 0 Å². The Labute approximate surface area is 515 Å². The van der Waals surface area contributed by atoms with E-state index in [1.165, 1.54) is 44.1 Å². The average molecular weight is 1210 g/mol. The number of rotatable bonds is 11. The van der Waals surface area contributed by atoms with Gasteiger partial charge in [-0.15, -0.1) is 0 Å². The number of fused-ring (bicyclic) bond motifs is 16. The van der Waals surface area contributed by atoms with Crippen LogP contribution < -0.4 is 16.4 Å². The van der Waals surface area contributed by atoms with Crippen LogP contribution in [0.2, 0.25) is 0 Å². The number of nitrogens with one attached hydrogen (secondary N) is 2. The molecule has 1 aromatic heterocycles. The van der Waals surface area contributed by atoms with Gasteiger partial charge in [-0.05, 0) is 205 Å². The van der Waals surface area contributed by atoms with Gasteiger partial charge in [0.05, 0.1) is 43.0 Å². The third-order valence-electron chi connectivity index (χ3n) is 26.8. The van der Waals surface area contributed by atoms with E-state index >= 15 is 9.90 Å². The number of nitrogens with two attached hydrogens (primary N) is 1. The first-order valence-electron chi connectivity index (χ1n) is 34.1. The van der Waals surface area contributed by atoms with Gasteiger partial charge in [-0.1, -0.05) is 104 Å². The van der Waals surface area contributed by atoms with Crippen LogP contribution in [-0.4, -0.2) is 131 Å². The van der Waals surface area contributed by atoms with Crippen LogP contribution in [0.5, 0.6) is 0 Å². The Morgan fingerprint density at radius 3 is 2.40 bits per heavy atom. The average Bonchev–Trinajstić information content (AvgIpc) is 1.59. The molecule has 16 heteroatoms. The van der Waals surface area contributed by atoms with Crippen LogP contribution in [-0.2, 0) is 4.79 Å². The Kier molecular flexibility index (Phi) is 16.6. The molecule has 3 spiro atoms. The van der Waals surface area contributed by atoms with Crippen molar-refractivity contribution < 1.29 is 40.5 Å². The molecule has 4 bridgehead atoms. The number of hydrogen-bond donors (Lipinski definition) is 10. The Hall–Kier alpha value is -2.25. The summed E-state index contributed by atoms with van der Waals surface area (Å²) in [5, 5.41) is 97.4. The molecule has 1 aliphatic heterocycles. The molecule has 21 atom stereocenters. The van der Waals surface area contributed by atoms with Crippen LogP contribution in [0.1, 0.15) is 195 Å². The number of aliphatic hydroxyl groups excluding tert-OH is 6. The van der Waals surface area contributed by atoms with E-state index in [9.17, 15) is 30.6 Å². The van der Waals surface area contributed by atoms with Crippen LogP contribution in [0.15, 0.2) is 57.7 Å². The second kappa shape index (κ2) is 22.8. The molecule has 9 fully saturated rings. The summed E-state index contributed by atoms with van der Waals surface area (Å²) >= 11 is 0. The minimum atomic E-state index is -1.78. The smallest absolute Gasteiger partial charge is 0.190 e. The predicted octanol–water partition coefficient (Wildman–Crippen LogP) is 9.58. The fourth-order valence-corrected chi connectivity index (χ4v) is 28.6. The van der Waals surface area contributed by atoms with Crippen LogP contribution in [0.25, 0.3) is 0 Å². The minimum Gasteiger partial charge on any atom is -0.396 e. The summed E-state index contributed by atoms with van der Waals surface area (Å²) in [5.41, 5.74) is 9.34. The first kappa shape index (κ1) is 61.6. The lowest BCUT2D eigenvalue weighted by Gasteiger charge is -2.67. The Morgan fingerprint density at radius 1 is 0.918 bits per heavy atom. The van der Waals surface area contributed by atoms with Gasteiger partial charge in [0.2, 0.25) is 0 Å². The van der Waals surface area contributed by atoms with Crippen molar-refractivity contribution >= 4 is 33.3 Å². The molecule has 85 heavy (non-hydrogen) atoms. The number of nitrogens with zero attached hydrogens (tertiary/aromatic N) is 3. The Morgan fingerprint density at radius 2 is 1.69 bits per heavy atom. The van der Waals surface area contributed by atoms with Gasteiger partial charge in [-0.25, -0.2) is 4.98 Å². The number of aliphatic hydroxyl groups is 7. The summed E-state index contributed by atoms with van der Waals surface area (Å²) in [6.07, 6.45) is 25.0. The highest BCUT2D eigenvalue weighted by Gasteiger charge is 2.80. The van der Waals surface area contributed by atoms with E-state index in [4.69, 9.17) is 15.7 Å². The van der Waals surface area contributed by atoms with Gasteiger partial charge in [-0.3, -0.25) is 9.79 Å². The number of allylic oxidation sites excluding steroid dienone is 3. The Bertz CT molecular complexity index is 2800. The highest BCUT2D eigenvalue weighted by atomic mass is 33.1. The fourth-order valence-electron chi connectivity index (χ4n) is 24.4. The summed E-state index contributed by atoms with van der Waals surface area (Å²) in [6.45, 7) is 11.2. The number of imidazole rings is 1. The second-order valence-corrected chi connectivity index (χ2v) is 34.4. The largest absolute Gasteiger partial charge is 0.396 e. The predicted molar refractivity (Wildman–Crippen MR) is 337 cm³/mol. The highest BCUT2D eigenvalue weighted by Crippen LogP contribution is 2.80. The molecule has 0 amide bonds. The number of guanidine groups is 1. The molecule has 1 saturated heterocycles.